The highest BCUT2D eigenvalue weighted by Crippen LogP contribution is 2.23. The largest absolute Gasteiger partial charge is 0.494 e. The second kappa shape index (κ2) is 9.58. The van der Waals surface area contributed by atoms with E-state index in [9.17, 15) is 4.79 Å². The van der Waals surface area contributed by atoms with Crippen LogP contribution in [0.1, 0.15) is 30.0 Å². The maximum absolute atomic E-state index is 12.4. The number of benzene rings is 1. The Hall–Kier alpha value is -2.31. The van der Waals surface area contributed by atoms with E-state index < -0.39 is 0 Å². The van der Waals surface area contributed by atoms with Crippen molar-refractivity contribution in [3.8, 4) is 5.75 Å². The Balaban J connectivity index is 1.58. The van der Waals surface area contributed by atoms with Gasteiger partial charge in [-0.1, -0.05) is 12.1 Å². The molecule has 2 heterocycles. The van der Waals surface area contributed by atoms with Gasteiger partial charge in [0.15, 0.2) is 0 Å². The molecule has 1 aliphatic heterocycles. The zero-order chi connectivity index (χ0) is 19.1. The van der Waals surface area contributed by atoms with Crippen LogP contribution in [-0.2, 0) is 16.0 Å². The van der Waals surface area contributed by atoms with Crippen molar-refractivity contribution in [3.05, 3.63) is 53.5 Å². The molecule has 0 aliphatic carbocycles. The average molecular weight is 372 g/mol. The molecule has 2 aromatic rings. The van der Waals surface area contributed by atoms with Crippen LogP contribution in [0, 0.1) is 6.92 Å². The van der Waals surface area contributed by atoms with E-state index in [4.69, 9.17) is 13.9 Å². The Labute approximate surface area is 160 Å². The van der Waals surface area contributed by atoms with Crippen molar-refractivity contribution in [3.63, 3.8) is 0 Å². The number of nitrogens with one attached hydrogen (secondary N) is 1. The van der Waals surface area contributed by atoms with Crippen molar-refractivity contribution in [1.29, 1.82) is 0 Å². The first-order valence-corrected chi connectivity index (χ1v) is 9.52. The molecule has 0 spiro atoms. The molecule has 1 aromatic heterocycles. The van der Waals surface area contributed by atoms with E-state index in [1.165, 1.54) is 0 Å². The fourth-order valence-corrected chi connectivity index (χ4v) is 3.26. The lowest BCUT2D eigenvalue weighted by Crippen LogP contribution is -2.43. The summed E-state index contributed by atoms with van der Waals surface area (Å²) in [5.74, 6) is 2.59. The van der Waals surface area contributed by atoms with Gasteiger partial charge in [0.05, 0.1) is 32.3 Å². The van der Waals surface area contributed by atoms with Crippen LogP contribution in [0.5, 0.6) is 5.75 Å². The Bertz CT molecular complexity index is 720. The minimum Gasteiger partial charge on any atom is -0.494 e. The molecule has 0 saturated carbocycles. The zero-order valence-electron chi connectivity index (χ0n) is 16.1. The summed E-state index contributed by atoms with van der Waals surface area (Å²) in [7, 11) is 0. The van der Waals surface area contributed by atoms with Crippen LogP contribution in [0.15, 0.2) is 40.8 Å². The second-order valence-electron chi connectivity index (χ2n) is 6.67. The maximum Gasteiger partial charge on any atom is 0.224 e. The number of ether oxygens (including phenoxy) is 2. The van der Waals surface area contributed by atoms with Crippen molar-refractivity contribution in [2.75, 3.05) is 39.5 Å². The first-order chi connectivity index (χ1) is 13.2. The predicted octanol–water partition coefficient (Wildman–Crippen LogP) is 2.72. The Morgan fingerprint density at radius 2 is 1.93 bits per heavy atom. The van der Waals surface area contributed by atoms with Gasteiger partial charge in [0.25, 0.3) is 0 Å². The number of nitrogens with zero attached hydrogens (tertiary/aromatic N) is 1. The molecule has 1 N–H and O–H groups in total. The van der Waals surface area contributed by atoms with Crippen LogP contribution in [0.4, 0.5) is 0 Å². The molecule has 1 saturated heterocycles. The van der Waals surface area contributed by atoms with Crippen LogP contribution in [0.3, 0.4) is 0 Å². The fourth-order valence-electron chi connectivity index (χ4n) is 3.26. The molecule has 3 rings (SSSR count). The first kappa shape index (κ1) is 19.5. The summed E-state index contributed by atoms with van der Waals surface area (Å²) < 4.78 is 16.7. The van der Waals surface area contributed by atoms with E-state index in [1.807, 2.05) is 50.2 Å². The summed E-state index contributed by atoms with van der Waals surface area (Å²) >= 11 is 0. The van der Waals surface area contributed by atoms with Crippen molar-refractivity contribution in [1.82, 2.24) is 10.2 Å². The number of carbonyl (C=O) groups excluding carboxylic acids is 1. The fraction of sp³-hybridized carbons (Fsp3) is 0.476. The first-order valence-electron chi connectivity index (χ1n) is 9.52. The highest BCUT2D eigenvalue weighted by molar-refractivity contribution is 5.78. The minimum absolute atomic E-state index is 0.000646. The number of furan rings is 1. The van der Waals surface area contributed by atoms with Gasteiger partial charge in [-0.05, 0) is 43.7 Å². The van der Waals surface area contributed by atoms with E-state index in [1.54, 1.807) is 0 Å². The highest BCUT2D eigenvalue weighted by Gasteiger charge is 2.25. The third-order valence-electron chi connectivity index (χ3n) is 4.67. The summed E-state index contributed by atoms with van der Waals surface area (Å²) in [6.45, 7) is 8.11. The Morgan fingerprint density at radius 1 is 1.19 bits per heavy atom. The van der Waals surface area contributed by atoms with Gasteiger partial charge < -0.3 is 19.2 Å². The third kappa shape index (κ3) is 5.58. The highest BCUT2D eigenvalue weighted by atomic mass is 16.5. The predicted molar refractivity (Wildman–Crippen MR) is 103 cm³/mol. The van der Waals surface area contributed by atoms with E-state index in [0.29, 0.717) is 32.8 Å². The van der Waals surface area contributed by atoms with Gasteiger partial charge >= 0.3 is 0 Å². The van der Waals surface area contributed by atoms with Gasteiger partial charge in [0.2, 0.25) is 5.91 Å². The van der Waals surface area contributed by atoms with Gasteiger partial charge in [-0.15, -0.1) is 0 Å². The number of rotatable bonds is 8. The van der Waals surface area contributed by atoms with Crippen molar-refractivity contribution < 1.29 is 18.7 Å². The van der Waals surface area contributed by atoms with Gasteiger partial charge in [-0.25, -0.2) is 0 Å². The molecule has 6 nitrogen and oxygen atoms in total. The average Bonchev–Trinajstić information content (AvgIpc) is 3.11. The van der Waals surface area contributed by atoms with E-state index in [2.05, 4.69) is 10.2 Å². The van der Waals surface area contributed by atoms with Gasteiger partial charge in [0, 0.05) is 19.6 Å². The number of aryl methyl sites for hydroxylation is 1. The summed E-state index contributed by atoms with van der Waals surface area (Å²) in [6, 6.07) is 11.6. The van der Waals surface area contributed by atoms with Crippen LogP contribution < -0.4 is 10.1 Å². The van der Waals surface area contributed by atoms with E-state index in [-0.39, 0.29) is 11.9 Å². The molecule has 146 valence electrons. The van der Waals surface area contributed by atoms with Crippen molar-refractivity contribution >= 4 is 5.91 Å². The molecule has 1 atom stereocenters. The summed E-state index contributed by atoms with van der Waals surface area (Å²) in [5, 5.41) is 3.06. The molecule has 0 radical (unpaired) electrons. The van der Waals surface area contributed by atoms with Crippen LogP contribution in [0.2, 0.25) is 0 Å². The molecular formula is C21H28N2O4. The van der Waals surface area contributed by atoms with Gasteiger partial charge in [0.1, 0.15) is 17.3 Å². The zero-order valence-corrected chi connectivity index (χ0v) is 16.1. The maximum atomic E-state index is 12.4. The molecule has 1 aliphatic rings. The quantitative estimate of drug-likeness (QED) is 0.772. The molecule has 0 bridgehead atoms. The van der Waals surface area contributed by atoms with E-state index in [0.717, 1.165) is 35.9 Å². The number of morpholine rings is 1. The van der Waals surface area contributed by atoms with Crippen molar-refractivity contribution in [2.45, 2.75) is 26.3 Å². The van der Waals surface area contributed by atoms with Crippen molar-refractivity contribution in [2.24, 2.45) is 0 Å². The minimum atomic E-state index is 0.000646. The topological polar surface area (TPSA) is 63.9 Å². The lowest BCUT2D eigenvalue weighted by Gasteiger charge is -2.33. The Morgan fingerprint density at radius 3 is 2.56 bits per heavy atom. The smallest absolute Gasteiger partial charge is 0.224 e. The second-order valence-corrected chi connectivity index (χ2v) is 6.67. The van der Waals surface area contributed by atoms with Gasteiger partial charge in [-0.3, -0.25) is 9.69 Å². The lowest BCUT2D eigenvalue weighted by atomic mass is 10.1. The van der Waals surface area contributed by atoms with Crippen LogP contribution in [0.25, 0.3) is 0 Å². The summed E-state index contributed by atoms with van der Waals surface area (Å²) in [4.78, 5) is 14.7. The monoisotopic (exact) mass is 372 g/mol. The molecule has 1 fully saturated rings. The summed E-state index contributed by atoms with van der Waals surface area (Å²) in [6.07, 6.45) is 0.347. The number of hydrogen-bond acceptors (Lipinski definition) is 5. The molecule has 1 aromatic carbocycles. The molecule has 6 heteroatoms. The summed E-state index contributed by atoms with van der Waals surface area (Å²) in [5.41, 5.74) is 0.965. The number of hydrogen-bond donors (Lipinski definition) is 1. The molecule has 27 heavy (non-hydrogen) atoms. The lowest BCUT2D eigenvalue weighted by molar-refractivity contribution is -0.120. The molecular weight excluding hydrogens is 344 g/mol. The standard InChI is InChI=1S/C21H28N2O4/c1-3-26-18-7-5-17(6-8-18)14-21(24)22-15-19(20-9-4-16(2)27-20)23-10-12-25-13-11-23/h4-9,19H,3,10-15H2,1-2H3,(H,22,24). The van der Waals surface area contributed by atoms with Crippen LogP contribution in [-0.4, -0.2) is 50.3 Å². The SMILES string of the molecule is CCOc1ccc(CC(=O)NCC(c2ccc(C)o2)N2CCOCC2)cc1. The Kier molecular flexibility index (Phi) is 6.90. The van der Waals surface area contributed by atoms with E-state index >= 15 is 0 Å². The molecule has 1 amide bonds. The number of carbonyl (C=O) groups is 1. The molecule has 1 unspecified atom stereocenters. The number of amides is 1. The van der Waals surface area contributed by atoms with Crippen LogP contribution >= 0.6 is 0 Å². The third-order valence-corrected chi connectivity index (χ3v) is 4.67. The normalized spacial score (nSPS) is 16.1. The van der Waals surface area contributed by atoms with Gasteiger partial charge in [-0.2, -0.15) is 0 Å².